The molecular formula is C17H28N2OS. The molecule has 4 heteroatoms. The molecular weight excluding hydrogens is 280 g/mol. The van der Waals surface area contributed by atoms with Crippen molar-refractivity contribution in [2.24, 2.45) is 0 Å². The zero-order valence-corrected chi connectivity index (χ0v) is 14.7. The molecule has 1 aromatic rings. The number of amides is 1. The zero-order valence-electron chi connectivity index (χ0n) is 13.9. The number of hydrogen-bond acceptors (Lipinski definition) is 3. The second-order valence-electron chi connectivity index (χ2n) is 6.57. The molecule has 0 fully saturated rings. The maximum absolute atomic E-state index is 11.7. The number of rotatable bonds is 7. The van der Waals surface area contributed by atoms with Crippen molar-refractivity contribution in [3.05, 3.63) is 29.8 Å². The maximum atomic E-state index is 11.7. The Labute approximate surface area is 133 Å². The van der Waals surface area contributed by atoms with Crippen molar-refractivity contribution in [3.8, 4) is 0 Å². The smallest absolute Gasteiger partial charge is 0.230 e. The fourth-order valence-corrected chi connectivity index (χ4v) is 2.60. The Morgan fingerprint density at radius 2 is 1.81 bits per heavy atom. The molecule has 0 saturated carbocycles. The zero-order chi connectivity index (χ0) is 15.9. The van der Waals surface area contributed by atoms with Gasteiger partial charge in [-0.25, -0.2) is 0 Å². The average molecular weight is 308 g/mol. The normalized spacial score (nSPS) is 11.7. The number of nitrogens with one attached hydrogen (secondary N) is 1. The van der Waals surface area contributed by atoms with Gasteiger partial charge in [0.05, 0.1) is 5.75 Å². The molecule has 21 heavy (non-hydrogen) atoms. The van der Waals surface area contributed by atoms with E-state index in [1.54, 1.807) is 11.8 Å². The fraction of sp³-hybridized carbons (Fsp3) is 0.588. The molecule has 0 spiro atoms. The molecule has 0 aliphatic rings. The van der Waals surface area contributed by atoms with Crippen LogP contribution >= 0.6 is 11.8 Å². The Bertz CT molecular complexity index is 435. The molecule has 1 amide bonds. The minimum absolute atomic E-state index is 0.110. The highest BCUT2D eigenvalue weighted by Crippen LogP contribution is 2.25. The second kappa shape index (κ2) is 8.44. The lowest BCUT2D eigenvalue weighted by Crippen LogP contribution is -2.28. The highest BCUT2D eigenvalue weighted by molar-refractivity contribution is 8.00. The first-order valence-electron chi connectivity index (χ1n) is 7.44. The van der Waals surface area contributed by atoms with Gasteiger partial charge < -0.3 is 10.2 Å². The molecule has 0 unspecified atom stereocenters. The van der Waals surface area contributed by atoms with Crippen LogP contribution in [-0.4, -0.2) is 43.7 Å². The van der Waals surface area contributed by atoms with Crippen molar-refractivity contribution in [2.75, 3.05) is 32.9 Å². The predicted molar refractivity (Wildman–Crippen MR) is 92.0 cm³/mol. The van der Waals surface area contributed by atoms with Crippen LogP contribution in [0.1, 0.15) is 32.8 Å². The quantitative estimate of drug-likeness (QED) is 0.620. The molecule has 118 valence electrons. The molecule has 0 atom stereocenters. The third-order valence-electron chi connectivity index (χ3n) is 3.19. The SMILES string of the molecule is CN(C)CCCNC(=O)CSc1ccc(C(C)(C)C)cc1. The van der Waals surface area contributed by atoms with Crippen LogP contribution in [-0.2, 0) is 10.2 Å². The van der Waals surface area contributed by atoms with Crippen molar-refractivity contribution in [3.63, 3.8) is 0 Å². The van der Waals surface area contributed by atoms with Gasteiger partial charge in [0, 0.05) is 11.4 Å². The van der Waals surface area contributed by atoms with E-state index in [9.17, 15) is 4.79 Å². The first kappa shape index (κ1) is 18.1. The van der Waals surface area contributed by atoms with Crippen molar-refractivity contribution in [2.45, 2.75) is 37.5 Å². The van der Waals surface area contributed by atoms with Gasteiger partial charge in [-0.15, -0.1) is 11.8 Å². The summed E-state index contributed by atoms with van der Waals surface area (Å²) in [4.78, 5) is 15.0. The van der Waals surface area contributed by atoms with Crippen LogP contribution in [0.15, 0.2) is 29.2 Å². The van der Waals surface area contributed by atoms with E-state index in [1.807, 2.05) is 14.1 Å². The summed E-state index contributed by atoms with van der Waals surface area (Å²) >= 11 is 1.59. The Hall–Kier alpha value is -1.00. The van der Waals surface area contributed by atoms with E-state index in [4.69, 9.17) is 0 Å². The van der Waals surface area contributed by atoms with E-state index in [-0.39, 0.29) is 11.3 Å². The highest BCUT2D eigenvalue weighted by atomic mass is 32.2. The lowest BCUT2D eigenvalue weighted by atomic mass is 9.87. The van der Waals surface area contributed by atoms with E-state index in [0.29, 0.717) is 5.75 Å². The maximum Gasteiger partial charge on any atom is 0.230 e. The Morgan fingerprint density at radius 3 is 2.33 bits per heavy atom. The number of hydrogen-bond donors (Lipinski definition) is 1. The van der Waals surface area contributed by atoms with Gasteiger partial charge in [-0.05, 0) is 50.2 Å². The number of carbonyl (C=O) groups is 1. The summed E-state index contributed by atoms with van der Waals surface area (Å²) in [5.74, 6) is 0.593. The number of benzene rings is 1. The van der Waals surface area contributed by atoms with Crippen molar-refractivity contribution in [1.82, 2.24) is 10.2 Å². The van der Waals surface area contributed by atoms with E-state index in [2.05, 4.69) is 55.3 Å². The van der Waals surface area contributed by atoms with Gasteiger partial charge in [-0.1, -0.05) is 32.9 Å². The van der Waals surface area contributed by atoms with Gasteiger partial charge in [0.15, 0.2) is 0 Å². The van der Waals surface area contributed by atoms with Gasteiger partial charge in [-0.2, -0.15) is 0 Å². The fourth-order valence-electron chi connectivity index (χ4n) is 1.87. The second-order valence-corrected chi connectivity index (χ2v) is 7.62. The van der Waals surface area contributed by atoms with E-state index < -0.39 is 0 Å². The monoisotopic (exact) mass is 308 g/mol. The van der Waals surface area contributed by atoms with Gasteiger partial charge in [0.25, 0.3) is 0 Å². The van der Waals surface area contributed by atoms with E-state index in [0.717, 1.165) is 24.4 Å². The van der Waals surface area contributed by atoms with Gasteiger partial charge >= 0.3 is 0 Å². The first-order valence-corrected chi connectivity index (χ1v) is 8.42. The summed E-state index contributed by atoms with van der Waals surface area (Å²) < 4.78 is 0. The average Bonchev–Trinajstić information content (AvgIpc) is 2.40. The van der Waals surface area contributed by atoms with Crippen LogP contribution in [0.5, 0.6) is 0 Å². The summed E-state index contributed by atoms with van der Waals surface area (Å²) in [6, 6.07) is 8.50. The number of thioether (sulfide) groups is 1. The highest BCUT2D eigenvalue weighted by Gasteiger charge is 2.13. The van der Waals surface area contributed by atoms with Crippen LogP contribution in [0.25, 0.3) is 0 Å². The van der Waals surface area contributed by atoms with Crippen molar-refractivity contribution < 1.29 is 4.79 Å². The molecule has 0 aromatic heterocycles. The Morgan fingerprint density at radius 1 is 1.19 bits per heavy atom. The van der Waals surface area contributed by atoms with E-state index in [1.165, 1.54) is 5.56 Å². The van der Waals surface area contributed by atoms with Gasteiger partial charge in [0.1, 0.15) is 0 Å². The van der Waals surface area contributed by atoms with Gasteiger partial charge in [-0.3, -0.25) is 4.79 Å². The molecule has 3 nitrogen and oxygen atoms in total. The summed E-state index contributed by atoms with van der Waals surface area (Å²) in [7, 11) is 4.08. The largest absolute Gasteiger partial charge is 0.355 e. The number of carbonyl (C=O) groups excluding carboxylic acids is 1. The molecule has 0 heterocycles. The summed E-state index contributed by atoms with van der Waals surface area (Å²) in [5, 5.41) is 2.96. The lowest BCUT2D eigenvalue weighted by Gasteiger charge is -2.19. The molecule has 0 radical (unpaired) electrons. The first-order chi connectivity index (χ1) is 9.79. The molecule has 0 bridgehead atoms. The van der Waals surface area contributed by atoms with E-state index >= 15 is 0 Å². The Balaban J connectivity index is 2.30. The third-order valence-corrected chi connectivity index (χ3v) is 4.21. The summed E-state index contributed by atoms with van der Waals surface area (Å²) in [6.45, 7) is 8.37. The topological polar surface area (TPSA) is 32.3 Å². The number of nitrogens with zero attached hydrogens (tertiary/aromatic N) is 1. The Kier molecular flexibility index (Phi) is 7.26. The van der Waals surface area contributed by atoms with Crippen LogP contribution in [0.4, 0.5) is 0 Å². The standard InChI is InChI=1S/C17H28N2OS/c1-17(2,3)14-7-9-15(10-8-14)21-13-16(20)18-11-6-12-19(4)5/h7-10H,6,11-13H2,1-5H3,(H,18,20). The molecule has 1 N–H and O–H groups in total. The summed E-state index contributed by atoms with van der Waals surface area (Å²) in [6.07, 6.45) is 0.990. The predicted octanol–water partition coefficient (Wildman–Crippen LogP) is 3.14. The van der Waals surface area contributed by atoms with Crippen LogP contribution in [0.3, 0.4) is 0 Å². The summed E-state index contributed by atoms with van der Waals surface area (Å²) in [5.41, 5.74) is 1.49. The lowest BCUT2D eigenvalue weighted by molar-refractivity contribution is -0.118. The van der Waals surface area contributed by atoms with Crippen LogP contribution in [0, 0.1) is 0 Å². The van der Waals surface area contributed by atoms with Crippen LogP contribution in [0.2, 0.25) is 0 Å². The third kappa shape index (κ3) is 7.53. The minimum atomic E-state index is 0.110. The van der Waals surface area contributed by atoms with Crippen molar-refractivity contribution in [1.29, 1.82) is 0 Å². The van der Waals surface area contributed by atoms with Crippen molar-refractivity contribution >= 4 is 17.7 Å². The molecule has 0 aliphatic heterocycles. The van der Waals surface area contributed by atoms with Crippen LogP contribution < -0.4 is 5.32 Å². The van der Waals surface area contributed by atoms with Gasteiger partial charge in [0.2, 0.25) is 5.91 Å². The molecule has 0 saturated heterocycles. The minimum Gasteiger partial charge on any atom is -0.355 e. The molecule has 1 rings (SSSR count). The molecule has 1 aromatic carbocycles. The molecule has 0 aliphatic carbocycles.